The summed E-state index contributed by atoms with van der Waals surface area (Å²) in [6.45, 7) is 1.75. The Kier molecular flexibility index (Phi) is 4.17. The number of carboxylic acids is 1. The predicted molar refractivity (Wildman–Crippen MR) is 72.6 cm³/mol. The number of anilines is 1. The number of nitrogens with zero attached hydrogens (tertiary/aromatic N) is 1. The Labute approximate surface area is 122 Å². The molecule has 8 heteroatoms. The number of thiazole rings is 1. The number of aromatic nitrogens is 1. The molecule has 0 spiro atoms. The van der Waals surface area contributed by atoms with Gasteiger partial charge in [-0.2, -0.15) is 13.2 Å². The number of nitrogens with one attached hydrogen (secondary N) is 1. The molecule has 0 aliphatic heterocycles. The van der Waals surface area contributed by atoms with Crippen molar-refractivity contribution in [1.29, 1.82) is 0 Å². The van der Waals surface area contributed by atoms with Crippen LogP contribution in [0.1, 0.15) is 33.9 Å². The smallest absolute Gasteiger partial charge is 0.416 e. The summed E-state index contributed by atoms with van der Waals surface area (Å²) in [6, 6.07) is 2.29. The summed E-state index contributed by atoms with van der Waals surface area (Å²) < 4.78 is 37.9. The second-order valence-corrected chi connectivity index (χ2v) is 5.23. The highest BCUT2D eigenvalue weighted by molar-refractivity contribution is 7.09. The molecule has 2 rings (SSSR count). The van der Waals surface area contributed by atoms with Gasteiger partial charge in [0.05, 0.1) is 17.2 Å². The van der Waals surface area contributed by atoms with Gasteiger partial charge in [0.15, 0.2) is 0 Å². The fraction of sp³-hybridized carbons (Fsp3) is 0.231. The number of alkyl halides is 3. The zero-order chi connectivity index (χ0) is 15.6. The molecule has 112 valence electrons. The molecular weight excluding hydrogens is 305 g/mol. The maximum atomic E-state index is 12.6. The Morgan fingerprint density at radius 3 is 2.67 bits per heavy atom. The number of rotatable bonds is 4. The first kappa shape index (κ1) is 15.3. The van der Waals surface area contributed by atoms with Gasteiger partial charge >= 0.3 is 12.1 Å². The third-order valence-electron chi connectivity index (χ3n) is 2.77. The lowest BCUT2D eigenvalue weighted by atomic mass is 10.1. The lowest BCUT2D eigenvalue weighted by Crippen LogP contribution is -2.13. The average Bonchev–Trinajstić information content (AvgIpc) is 2.91. The Balaban J connectivity index is 2.33. The molecule has 2 N–H and O–H groups in total. The van der Waals surface area contributed by atoms with Crippen LogP contribution >= 0.6 is 11.3 Å². The third kappa shape index (κ3) is 3.52. The summed E-state index contributed by atoms with van der Waals surface area (Å²) >= 11 is 1.37. The molecule has 0 radical (unpaired) electrons. The third-order valence-corrected chi connectivity index (χ3v) is 3.73. The van der Waals surface area contributed by atoms with Crippen molar-refractivity contribution >= 4 is 23.0 Å². The van der Waals surface area contributed by atoms with Gasteiger partial charge in [0.2, 0.25) is 0 Å². The summed E-state index contributed by atoms with van der Waals surface area (Å²) in [5, 5.41) is 14.4. The van der Waals surface area contributed by atoms with Gasteiger partial charge in [-0.15, -0.1) is 11.3 Å². The van der Waals surface area contributed by atoms with E-state index in [-0.39, 0.29) is 11.7 Å². The van der Waals surface area contributed by atoms with Crippen molar-refractivity contribution in [2.45, 2.75) is 19.1 Å². The van der Waals surface area contributed by atoms with Gasteiger partial charge < -0.3 is 10.4 Å². The number of carbonyl (C=O) groups is 1. The van der Waals surface area contributed by atoms with Crippen molar-refractivity contribution in [1.82, 2.24) is 4.98 Å². The van der Waals surface area contributed by atoms with E-state index in [4.69, 9.17) is 5.11 Å². The van der Waals surface area contributed by atoms with Gasteiger partial charge in [-0.25, -0.2) is 9.78 Å². The summed E-state index contributed by atoms with van der Waals surface area (Å²) in [4.78, 5) is 15.2. The first-order valence-corrected chi connectivity index (χ1v) is 6.77. The van der Waals surface area contributed by atoms with Crippen molar-refractivity contribution in [2.24, 2.45) is 0 Å². The molecule has 0 saturated carbocycles. The lowest BCUT2D eigenvalue weighted by Gasteiger charge is -2.16. The van der Waals surface area contributed by atoms with Crippen LogP contribution in [0.2, 0.25) is 0 Å². The lowest BCUT2D eigenvalue weighted by molar-refractivity contribution is -0.137. The van der Waals surface area contributed by atoms with Crippen LogP contribution in [0.3, 0.4) is 0 Å². The topological polar surface area (TPSA) is 62.2 Å². The molecule has 1 aromatic heterocycles. The van der Waals surface area contributed by atoms with E-state index in [0.717, 1.165) is 12.1 Å². The number of benzene rings is 1. The first-order chi connectivity index (χ1) is 9.79. The van der Waals surface area contributed by atoms with Gasteiger partial charge in [-0.1, -0.05) is 0 Å². The molecule has 1 heterocycles. The van der Waals surface area contributed by atoms with Crippen molar-refractivity contribution < 1.29 is 23.1 Å². The largest absolute Gasteiger partial charge is 0.478 e. The molecule has 0 fully saturated rings. The van der Waals surface area contributed by atoms with Crippen LogP contribution in [-0.4, -0.2) is 16.1 Å². The van der Waals surface area contributed by atoms with E-state index >= 15 is 0 Å². The zero-order valence-electron chi connectivity index (χ0n) is 10.8. The highest BCUT2D eigenvalue weighted by atomic mass is 32.1. The standard InChI is InChI=1S/C13H11F3N2O2S/c1-7(11-17-4-5-21-11)18-10-3-2-8(13(14,15)16)6-9(10)12(19)20/h2-7,18H,1H3,(H,19,20). The fourth-order valence-corrected chi connectivity index (χ4v) is 2.41. The molecule has 0 saturated heterocycles. The molecule has 0 amide bonds. The van der Waals surface area contributed by atoms with Crippen LogP contribution in [0.4, 0.5) is 18.9 Å². The average molecular weight is 316 g/mol. The summed E-state index contributed by atoms with van der Waals surface area (Å²) in [7, 11) is 0. The summed E-state index contributed by atoms with van der Waals surface area (Å²) in [5.41, 5.74) is -1.29. The minimum absolute atomic E-state index is 0.123. The number of hydrogen-bond donors (Lipinski definition) is 2. The maximum Gasteiger partial charge on any atom is 0.416 e. The molecule has 1 unspecified atom stereocenters. The van der Waals surface area contributed by atoms with E-state index < -0.39 is 23.3 Å². The van der Waals surface area contributed by atoms with Crippen LogP contribution in [0.25, 0.3) is 0 Å². The minimum Gasteiger partial charge on any atom is -0.478 e. The highest BCUT2D eigenvalue weighted by Gasteiger charge is 2.32. The number of aromatic carboxylic acids is 1. The molecule has 0 aliphatic carbocycles. The van der Waals surface area contributed by atoms with Gasteiger partial charge in [0.1, 0.15) is 5.01 Å². The molecule has 2 aromatic rings. The number of halogens is 3. The Hall–Kier alpha value is -2.09. The molecule has 0 aliphatic rings. The van der Waals surface area contributed by atoms with E-state index in [2.05, 4.69) is 10.3 Å². The van der Waals surface area contributed by atoms with Crippen LogP contribution in [0.15, 0.2) is 29.8 Å². The molecular formula is C13H11F3N2O2S. The van der Waals surface area contributed by atoms with Crippen LogP contribution < -0.4 is 5.32 Å². The zero-order valence-corrected chi connectivity index (χ0v) is 11.6. The molecule has 4 nitrogen and oxygen atoms in total. The maximum absolute atomic E-state index is 12.6. The van der Waals surface area contributed by atoms with Crippen molar-refractivity contribution in [3.8, 4) is 0 Å². The Morgan fingerprint density at radius 1 is 1.43 bits per heavy atom. The predicted octanol–water partition coefficient (Wildman–Crippen LogP) is 4.03. The molecule has 21 heavy (non-hydrogen) atoms. The molecule has 0 bridgehead atoms. The van der Waals surface area contributed by atoms with Crippen LogP contribution in [0, 0.1) is 0 Å². The monoisotopic (exact) mass is 316 g/mol. The normalized spacial score (nSPS) is 13.0. The van der Waals surface area contributed by atoms with Crippen molar-refractivity contribution in [2.75, 3.05) is 5.32 Å². The summed E-state index contributed by atoms with van der Waals surface area (Å²) in [5.74, 6) is -1.42. The molecule has 1 atom stereocenters. The Bertz CT molecular complexity index is 641. The van der Waals surface area contributed by atoms with Crippen molar-refractivity contribution in [3.63, 3.8) is 0 Å². The van der Waals surface area contributed by atoms with Gasteiger partial charge in [-0.3, -0.25) is 0 Å². The van der Waals surface area contributed by atoms with Gasteiger partial charge in [0.25, 0.3) is 0 Å². The van der Waals surface area contributed by atoms with Crippen LogP contribution in [-0.2, 0) is 6.18 Å². The van der Waals surface area contributed by atoms with Gasteiger partial charge in [0, 0.05) is 17.3 Å². The molecule has 1 aromatic carbocycles. The SMILES string of the molecule is CC(Nc1ccc(C(F)(F)F)cc1C(=O)O)c1nccs1. The second kappa shape index (κ2) is 5.72. The quantitative estimate of drug-likeness (QED) is 0.894. The van der Waals surface area contributed by atoms with Gasteiger partial charge in [-0.05, 0) is 25.1 Å². The van der Waals surface area contributed by atoms with E-state index in [9.17, 15) is 18.0 Å². The highest BCUT2D eigenvalue weighted by Crippen LogP contribution is 2.33. The van der Waals surface area contributed by atoms with E-state index in [1.165, 1.54) is 11.3 Å². The van der Waals surface area contributed by atoms with E-state index in [1.807, 2.05) is 0 Å². The van der Waals surface area contributed by atoms with E-state index in [1.54, 1.807) is 18.5 Å². The number of hydrogen-bond acceptors (Lipinski definition) is 4. The second-order valence-electron chi connectivity index (χ2n) is 4.30. The first-order valence-electron chi connectivity index (χ1n) is 5.89. The number of carboxylic acid groups (broad SMARTS) is 1. The fourth-order valence-electron chi connectivity index (χ4n) is 1.77. The Morgan fingerprint density at radius 2 is 2.14 bits per heavy atom. The summed E-state index contributed by atoms with van der Waals surface area (Å²) in [6.07, 6.45) is -2.98. The minimum atomic E-state index is -4.58. The van der Waals surface area contributed by atoms with Crippen molar-refractivity contribution in [3.05, 3.63) is 45.9 Å². The van der Waals surface area contributed by atoms with Crippen LogP contribution in [0.5, 0.6) is 0 Å². The van der Waals surface area contributed by atoms with E-state index in [0.29, 0.717) is 11.1 Å².